The number of hydrogen-bond acceptors (Lipinski definition) is 3. The summed E-state index contributed by atoms with van der Waals surface area (Å²) in [6.45, 7) is 1.07. The smallest absolute Gasteiger partial charge is 0.327 e. The number of nitriles is 1. The monoisotopic (exact) mass is 347 g/mol. The van der Waals surface area contributed by atoms with Gasteiger partial charge in [0.25, 0.3) is 0 Å². The average Bonchev–Trinajstić information content (AvgIpc) is 2.67. The summed E-state index contributed by atoms with van der Waals surface area (Å²) in [5.41, 5.74) is 3.54. The van der Waals surface area contributed by atoms with Crippen LogP contribution in [0.3, 0.4) is 0 Å². The first kappa shape index (κ1) is 16.8. The molecule has 4 heteroatoms. The Morgan fingerprint density at radius 1 is 1.12 bits per heavy atom. The van der Waals surface area contributed by atoms with Crippen molar-refractivity contribution in [1.29, 1.82) is 5.26 Å². The number of likely N-dealkylation sites (N-methyl/N-ethyl adjacent to an activating group) is 1. The average molecular weight is 347 g/mol. The number of hydrogen-bond donors (Lipinski definition) is 1. The van der Waals surface area contributed by atoms with Gasteiger partial charge in [-0.2, -0.15) is 5.26 Å². The SMILES string of the molecule is C[NH+](C)CCOC(=O)[C@]1(C#N)CC2c3ccccc3C1c1ccccc12. The van der Waals surface area contributed by atoms with Gasteiger partial charge in [-0.25, -0.2) is 0 Å². The van der Waals surface area contributed by atoms with Crippen molar-refractivity contribution in [1.82, 2.24) is 0 Å². The fourth-order valence-corrected chi connectivity index (χ4v) is 4.54. The third-order valence-electron chi connectivity index (χ3n) is 5.78. The number of quaternary nitrogens is 1. The molecule has 0 aromatic heterocycles. The third-order valence-corrected chi connectivity index (χ3v) is 5.78. The lowest BCUT2D eigenvalue weighted by molar-refractivity contribution is -0.858. The van der Waals surface area contributed by atoms with Crippen LogP contribution in [0.25, 0.3) is 0 Å². The van der Waals surface area contributed by atoms with E-state index in [0.717, 1.165) is 17.7 Å². The van der Waals surface area contributed by atoms with Gasteiger partial charge in [0, 0.05) is 11.8 Å². The molecule has 5 rings (SSSR count). The predicted molar refractivity (Wildman–Crippen MR) is 97.9 cm³/mol. The molecule has 4 nitrogen and oxygen atoms in total. The number of ether oxygens (including phenoxy) is 1. The molecule has 132 valence electrons. The molecule has 26 heavy (non-hydrogen) atoms. The summed E-state index contributed by atoms with van der Waals surface area (Å²) in [5, 5.41) is 10.1. The van der Waals surface area contributed by atoms with Crippen LogP contribution in [0.4, 0.5) is 0 Å². The lowest BCUT2D eigenvalue weighted by Gasteiger charge is -2.48. The van der Waals surface area contributed by atoms with Crippen LogP contribution in [0.1, 0.15) is 40.5 Å². The molecule has 0 spiro atoms. The van der Waals surface area contributed by atoms with E-state index in [1.165, 1.54) is 16.0 Å². The quantitative estimate of drug-likeness (QED) is 0.859. The molecule has 0 fully saturated rings. The highest BCUT2D eigenvalue weighted by Gasteiger charge is 2.58. The lowest BCUT2D eigenvalue weighted by Crippen LogP contribution is -3.06. The number of carbonyl (C=O) groups excluding carboxylic acids is 1. The fourth-order valence-electron chi connectivity index (χ4n) is 4.54. The van der Waals surface area contributed by atoms with Gasteiger partial charge in [0.15, 0.2) is 5.41 Å². The zero-order valence-electron chi connectivity index (χ0n) is 15.2. The van der Waals surface area contributed by atoms with Crippen molar-refractivity contribution >= 4 is 5.97 Å². The zero-order chi connectivity index (χ0) is 18.3. The molecule has 2 aromatic carbocycles. The lowest BCUT2D eigenvalue weighted by atomic mass is 9.52. The minimum absolute atomic E-state index is 0.0686. The summed E-state index contributed by atoms with van der Waals surface area (Å²) in [7, 11) is 4.03. The van der Waals surface area contributed by atoms with E-state index in [1.807, 2.05) is 38.4 Å². The second kappa shape index (κ2) is 6.26. The van der Waals surface area contributed by atoms with E-state index in [2.05, 4.69) is 30.3 Å². The Kier molecular flexibility index (Phi) is 4.05. The first-order valence-electron chi connectivity index (χ1n) is 9.13. The first-order chi connectivity index (χ1) is 12.6. The van der Waals surface area contributed by atoms with Gasteiger partial charge in [-0.05, 0) is 28.7 Å². The van der Waals surface area contributed by atoms with Crippen molar-refractivity contribution in [2.75, 3.05) is 27.2 Å². The van der Waals surface area contributed by atoms with E-state index < -0.39 is 5.41 Å². The summed E-state index contributed by atoms with van der Waals surface area (Å²) in [4.78, 5) is 14.3. The van der Waals surface area contributed by atoms with Crippen molar-refractivity contribution in [2.24, 2.45) is 5.41 Å². The van der Waals surface area contributed by atoms with Gasteiger partial charge in [-0.1, -0.05) is 48.5 Å². The van der Waals surface area contributed by atoms with Crippen LogP contribution in [0.2, 0.25) is 0 Å². The zero-order valence-corrected chi connectivity index (χ0v) is 15.2. The number of rotatable bonds is 4. The van der Waals surface area contributed by atoms with Crippen molar-refractivity contribution < 1.29 is 14.4 Å². The van der Waals surface area contributed by atoms with Crippen molar-refractivity contribution in [2.45, 2.75) is 18.3 Å². The Bertz CT molecular complexity index is 852. The molecule has 0 saturated heterocycles. The van der Waals surface area contributed by atoms with Crippen LogP contribution >= 0.6 is 0 Å². The molecule has 2 aromatic rings. The van der Waals surface area contributed by atoms with Gasteiger partial charge >= 0.3 is 5.97 Å². The summed E-state index contributed by atoms with van der Waals surface area (Å²) >= 11 is 0. The summed E-state index contributed by atoms with van der Waals surface area (Å²) < 4.78 is 5.59. The molecule has 0 aliphatic heterocycles. The van der Waals surface area contributed by atoms with E-state index in [9.17, 15) is 10.1 Å². The molecular formula is C22H23N2O2+. The van der Waals surface area contributed by atoms with Gasteiger partial charge in [-0.3, -0.25) is 4.79 Å². The maximum Gasteiger partial charge on any atom is 0.327 e. The van der Waals surface area contributed by atoms with Gasteiger partial charge in [-0.15, -0.1) is 0 Å². The van der Waals surface area contributed by atoms with Crippen LogP contribution in [0, 0.1) is 16.7 Å². The predicted octanol–water partition coefficient (Wildman–Crippen LogP) is 1.87. The second-order valence-electron chi connectivity index (χ2n) is 7.62. The molecule has 0 amide bonds. The minimum atomic E-state index is -1.14. The Morgan fingerprint density at radius 2 is 1.65 bits per heavy atom. The van der Waals surface area contributed by atoms with E-state index in [-0.39, 0.29) is 17.8 Å². The Labute approximate surface area is 154 Å². The number of nitrogens with zero attached hydrogens (tertiary/aromatic N) is 1. The van der Waals surface area contributed by atoms with Crippen molar-refractivity contribution in [3.63, 3.8) is 0 Å². The summed E-state index contributed by atoms with van der Waals surface area (Å²) in [5.74, 6) is -0.566. The van der Waals surface area contributed by atoms with Gasteiger partial charge in [0.05, 0.1) is 20.2 Å². The third kappa shape index (κ3) is 2.35. The summed E-state index contributed by atoms with van der Waals surface area (Å²) in [6, 6.07) is 18.8. The largest absolute Gasteiger partial charge is 0.458 e. The first-order valence-corrected chi connectivity index (χ1v) is 9.13. The van der Waals surface area contributed by atoms with E-state index in [4.69, 9.17) is 4.74 Å². The van der Waals surface area contributed by atoms with Crippen molar-refractivity contribution in [3.05, 3.63) is 70.8 Å². The Balaban J connectivity index is 1.79. The summed E-state index contributed by atoms with van der Waals surface area (Å²) in [6.07, 6.45) is 0.496. The highest BCUT2D eigenvalue weighted by Crippen LogP contribution is 2.61. The molecule has 3 aliphatic rings. The van der Waals surface area contributed by atoms with Gasteiger partial charge in [0.1, 0.15) is 13.2 Å². The standard InChI is InChI=1S/C22H22N2O2/c1-24(2)11-12-26-21(25)22(14-23)13-19-15-7-3-5-9-17(15)20(22)18-10-6-4-8-16(18)19/h3-10,19-20H,11-13H2,1-2H3/p+1/t19?,20?,22-/m0/s1. The highest BCUT2D eigenvalue weighted by atomic mass is 16.5. The topological polar surface area (TPSA) is 54.5 Å². The fraction of sp³-hybridized carbons (Fsp3) is 0.364. The molecule has 3 aliphatic carbocycles. The van der Waals surface area contributed by atoms with Crippen LogP contribution in [-0.2, 0) is 9.53 Å². The van der Waals surface area contributed by atoms with Crippen LogP contribution in [0.5, 0.6) is 0 Å². The second-order valence-corrected chi connectivity index (χ2v) is 7.62. The number of carbonyl (C=O) groups is 1. The van der Waals surface area contributed by atoms with Gasteiger partial charge < -0.3 is 9.64 Å². The Hall–Kier alpha value is -2.64. The highest BCUT2D eigenvalue weighted by molar-refractivity contribution is 5.85. The molecule has 0 unspecified atom stereocenters. The van der Waals surface area contributed by atoms with E-state index >= 15 is 0 Å². The maximum atomic E-state index is 13.1. The number of benzene rings is 2. The van der Waals surface area contributed by atoms with Crippen LogP contribution in [-0.4, -0.2) is 33.2 Å². The van der Waals surface area contributed by atoms with E-state index in [0.29, 0.717) is 13.0 Å². The normalized spacial score (nSPS) is 25.3. The molecular weight excluding hydrogens is 324 g/mol. The maximum absolute atomic E-state index is 13.1. The Morgan fingerprint density at radius 3 is 2.15 bits per heavy atom. The van der Waals surface area contributed by atoms with Crippen molar-refractivity contribution in [3.8, 4) is 6.07 Å². The van der Waals surface area contributed by atoms with Crippen LogP contribution < -0.4 is 4.90 Å². The molecule has 0 heterocycles. The van der Waals surface area contributed by atoms with Crippen LogP contribution in [0.15, 0.2) is 48.5 Å². The minimum Gasteiger partial charge on any atom is -0.458 e. The number of fused-ring (bicyclic) bond motifs is 1. The molecule has 0 radical (unpaired) electrons. The number of nitrogens with one attached hydrogen (secondary N) is 1. The van der Waals surface area contributed by atoms with E-state index in [1.54, 1.807) is 0 Å². The molecule has 1 atom stereocenters. The van der Waals surface area contributed by atoms with Gasteiger partial charge in [0.2, 0.25) is 0 Å². The molecule has 0 saturated carbocycles. The molecule has 2 bridgehead atoms. The molecule has 1 N–H and O–H groups in total. The number of esters is 1.